The van der Waals surface area contributed by atoms with E-state index in [1.807, 2.05) is 11.1 Å². The summed E-state index contributed by atoms with van der Waals surface area (Å²) in [4.78, 5) is 30.3. The Morgan fingerprint density at radius 2 is 1.90 bits per heavy atom. The first kappa shape index (κ1) is 14.1. The third kappa shape index (κ3) is 2.80. The van der Waals surface area contributed by atoms with E-state index in [0.717, 1.165) is 25.2 Å². The molecule has 21 heavy (non-hydrogen) atoms. The molecule has 0 radical (unpaired) electrons. The van der Waals surface area contributed by atoms with E-state index in [-0.39, 0.29) is 23.7 Å². The number of imidazole rings is 1. The van der Waals surface area contributed by atoms with Crippen molar-refractivity contribution in [3.05, 3.63) is 18.2 Å². The van der Waals surface area contributed by atoms with Crippen LogP contribution in [0.25, 0.3) is 0 Å². The van der Waals surface area contributed by atoms with E-state index in [9.17, 15) is 9.59 Å². The molecule has 1 saturated heterocycles. The van der Waals surface area contributed by atoms with Crippen LogP contribution in [0.3, 0.4) is 0 Å². The monoisotopic (exact) mass is 291 g/mol. The summed E-state index contributed by atoms with van der Waals surface area (Å²) in [6, 6.07) is 0. The van der Waals surface area contributed by atoms with Crippen molar-refractivity contribution >= 4 is 11.9 Å². The number of amides is 1. The van der Waals surface area contributed by atoms with Crippen molar-refractivity contribution in [2.45, 2.75) is 32.2 Å². The van der Waals surface area contributed by atoms with E-state index >= 15 is 0 Å². The van der Waals surface area contributed by atoms with Gasteiger partial charge in [-0.2, -0.15) is 0 Å². The van der Waals surface area contributed by atoms with E-state index < -0.39 is 0 Å². The molecule has 0 aromatic carbocycles. The van der Waals surface area contributed by atoms with Crippen molar-refractivity contribution in [3.63, 3.8) is 0 Å². The number of hydrogen-bond acceptors (Lipinski definition) is 4. The zero-order chi connectivity index (χ0) is 14.8. The molecule has 1 unspecified atom stereocenters. The molecule has 0 spiro atoms. The van der Waals surface area contributed by atoms with Crippen molar-refractivity contribution in [2.75, 3.05) is 20.2 Å². The number of carbonyl (C=O) groups excluding carboxylic acids is 2. The van der Waals surface area contributed by atoms with Crippen LogP contribution in [0, 0.1) is 11.8 Å². The number of ether oxygens (including phenoxy) is 1. The number of rotatable bonds is 2. The second-order valence-electron chi connectivity index (χ2n) is 5.85. The number of fused-ring (bicyclic) bond motifs is 1. The van der Waals surface area contributed by atoms with Crippen molar-refractivity contribution in [2.24, 2.45) is 11.8 Å². The number of carbonyl (C=O) groups is 2. The Hall–Kier alpha value is -1.85. The minimum atomic E-state index is -0.151. The third-order valence-electron chi connectivity index (χ3n) is 4.64. The van der Waals surface area contributed by atoms with Gasteiger partial charge in [0, 0.05) is 44.4 Å². The average Bonchev–Trinajstić information content (AvgIpc) is 3.01. The molecule has 0 bridgehead atoms. The Labute approximate surface area is 124 Å². The first-order valence-corrected chi connectivity index (χ1v) is 7.55. The number of likely N-dealkylation sites (tertiary alicyclic amines) is 1. The largest absolute Gasteiger partial charge is 0.469 e. The summed E-state index contributed by atoms with van der Waals surface area (Å²) in [5.41, 5.74) is 0. The lowest BCUT2D eigenvalue weighted by molar-refractivity contribution is -0.149. The minimum Gasteiger partial charge on any atom is -0.469 e. The molecule has 1 aromatic heterocycles. The van der Waals surface area contributed by atoms with E-state index in [2.05, 4.69) is 9.55 Å². The highest BCUT2D eigenvalue weighted by atomic mass is 16.5. The molecule has 2 aliphatic rings. The maximum Gasteiger partial charge on any atom is 0.308 e. The van der Waals surface area contributed by atoms with Gasteiger partial charge in [0.2, 0.25) is 5.91 Å². The van der Waals surface area contributed by atoms with Gasteiger partial charge in [-0.15, -0.1) is 0 Å². The summed E-state index contributed by atoms with van der Waals surface area (Å²) < 4.78 is 6.90. The number of methoxy groups -OCH3 is 1. The standard InChI is InChI=1S/C15H21N3O3/c1-21-15(20)11-2-7-18(8-3-11)14(19)12-4-6-17-9-5-16-13(17)10-12/h5,9,11-12H,2-4,6-8,10H2,1H3. The van der Waals surface area contributed by atoms with E-state index in [0.29, 0.717) is 25.9 Å². The van der Waals surface area contributed by atoms with Crippen molar-refractivity contribution in [1.29, 1.82) is 0 Å². The van der Waals surface area contributed by atoms with Crippen LogP contribution in [-0.4, -0.2) is 46.5 Å². The number of aromatic nitrogens is 2. The van der Waals surface area contributed by atoms with Gasteiger partial charge in [0.25, 0.3) is 0 Å². The lowest BCUT2D eigenvalue weighted by Gasteiger charge is -2.34. The van der Waals surface area contributed by atoms with E-state index in [1.54, 1.807) is 6.20 Å². The summed E-state index contributed by atoms with van der Waals surface area (Å²) in [6.45, 7) is 2.18. The fourth-order valence-corrected chi connectivity index (χ4v) is 3.32. The zero-order valence-electron chi connectivity index (χ0n) is 12.3. The van der Waals surface area contributed by atoms with Crippen molar-refractivity contribution in [1.82, 2.24) is 14.5 Å². The molecule has 6 nitrogen and oxygen atoms in total. The second-order valence-corrected chi connectivity index (χ2v) is 5.85. The average molecular weight is 291 g/mol. The van der Waals surface area contributed by atoms with Crippen LogP contribution in [0.4, 0.5) is 0 Å². The molecular weight excluding hydrogens is 270 g/mol. The lowest BCUT2D eigenvalue weighted by Crippen LogP contribution is -2.44. The van der Waals surface area contributed by atoms with Gasteiger partial charge in [0.15, 0.2) is 0 Å². The molecule has 2 aliphatic heterocycles. The molecule has 114 valence electrons. The lowest BCUT2D eigenvalue weighted by atomic mass is 9.92. The van der Waals surface area contributed by atoms with Crippen LogP contribution in [0.1, 0.15) is 25.1 Å². The Morgan fingerprint density at radius 1 is 1.19 bits per heavy atom. The molecule has 1 fully saturated rings. The van der Waals surface area contributed by atoms with Gasteiger partial charge in [-0.05, 0) is 19.3 Å². The van der Waals surface area contributed by atoms with E-state index in [1.165, 1.54) is 7.11 Å². The normalized spacial score (nSPS) is 22.7. The maximum absolute atomic E-state index is 12.6. The molecule has 0 aliphatic carbocycles. The van der Waals surface area contributed by atoms with Gasteiger partial charge in [-0.3, -0.25) is 9.59 Å². The summed E-state index contributed by atoms with van der Waals surface area (Å²) in [6.07, 6.45) is 6.78. The minimum absolute atomic E-state index is 0.0366. The summed E-state index contributed by atoms with van der Waals surface area (Å²) in [5, 5.41) is 0. The highest BCUT2D eigenvalue weighted by molar-refractivity contribution is 5.80. The van der Waals surface area contributed by atoms with Crippen LogP contribution in [0.2, 0.25) is 0 Å². The van der Waals surface area contributed by atoms with Crippen LogP contribution in [0.5, 0.6) is 0 Å². The first-order chi connectivity index (χ1) is 10.2. The van der Waals surface area contributed by atoms with Gasteiger partial charge in [-0.25, -0.2) is 4.98 Å². The SMILES string of the molecule is COC(=O)C1CCN(C(=O)C2CCn3ccnc3C2)CC1. The quantitative estimate of drug-likeness (QED) is 0.758. The number of piperidine rings is 1. The van der Waals surface area contributed by atoms with Crippen molar-refractivity contribution in [3.8, 4) is 0 Å². The summed E-state index contributed by atoms with van der Waals surface area (Å²) in [7, 11) is 1.42. The molecule has 0 saturated carbocycles. The van der Waals surface area contributed by atoms with Crippen LogP contribution >= 0.6 is 0 Å². The maximum atomic E-state index is 12.6. The number of aryl methyl sites for hydroxylation is 1. The summed E-state index contributed by atoms with van der Waals surface area (Å²) in [5.74, 6) is 1.05. The Morgan fingerprint density at radius 3 is 2.62 bits per heavy atom. The summed E-state index contributed by atoms with van der Waals surface area (Å²) >= 11 is 0. The van der Waals surface area contributed by atoms with Crippen LogP contribution in [-0.2, 0) is 27.3 Å². The molecule has 6 heteroatoms. The molecule has 1 atom stereocenters. The molecule has 1 aromatic rings. The van der Waals surface area contributed by atoms with Crippen LogP contribution < -0.4 is 0 Å². The van der Waals surface area contributed by atoms with Crippen LogP contribution in [0.15, 0.2) is 12.4 Å². The highest BCUT2D eigenvalue weighted by Gasteiger charge is 2.33. The van der Waals surface area contributed by atoms with Gasteiger partial charge in [-0.1, -0.05) is 0 Å². The topological polar surface area (TPSA) is 64.4 Å². The van der Waals surface area contributed by atoms with Gasteiger partial charge in [0.05, 0.1) is 13.0 Å². The molecule has 3 heterocycles. The molecule has 3 rings (SSSR count). The first-order valence-electron chi connectivity index (χ1n) is 7.55. The molecule has 1 amide bonds. The number of esters is 1. The van der Waals surface area contributed by atoms with Gasteiger partial charge in [0.1, 0.15) is 5.82 Å². The van der Waals surface area contributed by atoms with Crippen molar-refractivity contribution < 1.29 is 14.3 Å². The predicted molar refractivity (Wildman–Crippen MR) is 75.4 cm³/mol. The Bertz CT molecular complexity index is 532. The molecular formula is C15H21N3O3. The third-order valence-corrected chi connectivity index (χ3v) is 4.64. The second kappa shape index (κ2) is 5.87. The molecule has 0 N–H and O–H groups in total. The zero-order valence-corrected chi connectivity index (χ0v) is 12.3. The predicted octanol–water partition coefficient (Wildman–Crippen LogP) is 0.857. The van der Waals surface area contributed by atoms with E-state index in [4.69, 9.17) is 4.74 Å². The Balaban J connectivity index is 1.57. The number of hydrogen-bond donors (Lipinski definition) is 0. The smallest absolute Gasteiger partial charge is 0.308 e. The highest BCUT2D eigenvalue weighted by Crippen LogP contribution is 2.25. The fourth-order valence-electron chi connectivity index (χ4n) is 3.32. The Kier molecular flexibility index (Phi) is 3.94. The van der Waals surface area contributed by atoms with Gasteiger partial charge >= 0.3 is 5.97 Å². The fraction of sp³-hybridized carbons (Fsp3) is 0.667. The van der Waals surface area contributed by atoms with Gasteiger partial charge < -0.3 is 14.2 Å². The number of nitrogens with zero attached hydrogens (tertiary/aromatic N) is 3.